The molecule has 0 amide bonds. The van der Waals surface area contributed by atoms with Crippen LogP contribution in [0.5, 0.6) is 5.75 Å². The van der Waals surface area contributed by atoms with E-state index in [1.807, 2.05) is 24.3 Å². The van der Waals surface area contributed by atoms with Crippen molar-refractivity contribution in [3.05, 3.63) is 60.9 Å². The van der Waals surface area contributed by atoms with Gasteiger partial charge in [0.05, 0.1) is 23.1 Å². The summed E-state index contributed by atoms with van der Waals surface area (Å²) in [5, 5.41) is 19.2. The van der Waals surface area contributed by atoms with E-state index in [9.17, 15) is 19.6 Å². The smallest absolute Gasteiger partial charge is 0.307 e. The van der Waals surface area contributed by atoms with Crippen molar-refractivity contribution in [2.75, 3.05) is 6.16 Å². The highest BCUT2D eigenvalue weighted by atomic mass is 31.2. The summed E-state index contributed by atoms with van der Waals surface area (Å²) in [5.74, 6) is -1.95. The molecule has 2 unspecified atom stereocenters. The first-order valence-electron chi connectivity index (χ1n) is 7.48. The maximum absolute atomic E-state index is 13.5. The molecule has 1 heterocycles. The van der Waals surface area contributed by atoms with Crippen molar-refractivity contribution in [3.63, 3.8) is 0 Å². The van der Waals surface area contributed by atoms with E-state index in [0.29, 0.717) is 11.1 Å². The van der Waals surface area contributed by atoms with E-state index < -0.39 is 19.3 Å². The van der Waals surface area contributed by atoms with Crippen LogP contribution in [-0.2, 0) is 9.36 Å². The molecule has 2 aromatic rings. The van der Waals surface area contributed by atoms with Gasteiger partial charge in [0.1, 0.15) is 5.75 Å². The van der Waals surface area contributed by atoms with Crippen LogP contribution in [0.25, 0.3) is 11.1 Å². The number of hydrogen-bond acceptors (Lipinski definition) is 4. The third-order valence-corrected chi connectivity index (χ3v) is 6.52. The Morgan fingerprint density at radius 3 is 2.38 bits per heavy atom. The average Bonchev–Trinajstić information content (AvgIpc) is 2.54. The number of para-hydroxylation sites is 1. The van der Waals surface area contributed by atoms with E-state index in [1.54, 1.807) is 24.3 Å². The van der Waals surface area contributed by atoms with Gasteiger partial charge in [0, 0.05) is 12.0 Å². The highest BCUT2D eigenvalue weighted by molar-refractivity contribution is 7.67. The molecule has 1 aliphatic heterocycles. The van der Waals surface area contributed by atoms with Gasteiger partial charge >= 0.3 is 5.97 Å². The van der Waals surface area contributed by atoms with Crippen LogP contribution in [0.15, 0.2) is 60.9 Å². The summed E-state index contributed by atoms with van der Waals surface area (Å²) in [4.78, 5) is 11.5. The highest BCUT2D eigenvalue weighted by Crippen LogP contribution is 2.55. The van der Waals surface area contributed by atoms with Gasteiger partial charge in [-0.1, -0.05) is 43.0 Å². The molecule has 2 N–H and O–H groups in total. The SMILES string of the molecule is C=C(O)CC(CP1(=O)Oc2ccccc2-c2ccccc21)C(=O)O. The summed E-state index contributed by atoms with van der Waals surface area (Å²) in [5.41, 5.74) is 1.62. The Bertz CT molecular complexity index is 858. The molecule has 24 heavy (non-hydrogen) atoms. The Hall–Kier alpha value is -2.52. The van der Waals surface area contributed by atoms with Gasteiger partial charge < -0.3 is 14.7 Å². The maximum Gasteiger partial charge on any atom is 0.307 e. The van der Waals surface area contributed by atoms with Crippen molar-refractivity contribution in [1.82, 2.24) is 0 Å². The van der Waals surface area contributed by atoms with Gasteiger partial charge in [-0.25, -0.2) is 0 Å². The predicted molar refractivity (Wildman–Crippen MR) is 92.1 cm³/mol. The lowest BCUT2D eigenvalue weighted by Crippen LogP contribution is -2.26. The minimum atomic E-state index is -3.44. The van der Waals surface area contributed by atoms with Crippen LogP contribution in [-0.4, -0.2) is 22.3 Å². The zero-order valence-electron chi connectivity index (χ0n) is 12.9. The van der Waals surface area contributed by atoms with E-state index >= 15 is 0 Å². The summed E-state index contributed by atoms with van der Waals surface area (Å²) >= 11 is 0. The molecule has 0 bridgehead atoms. The second kappa shape index (κ2) is 6.17. The molecule has 0 spiro atoms. The number of rotatable bonds is 5. The Morgan fingerprint density at radius 1 is 1.08 bits per heavy atom. The minimum Gasteiger partial charge on any atom is -0.513 e. The number of aliphatic hydroxyl groups is 1. The van der Waals surface area contributed by atoms with Crippen LogP contribution in [0.3, 0.4) is 0 Å². The van der Waals surface area contributed by atoms with Crippen molar-refractivity contribution < 1.29 is 24.1 Å². The summed E-state index contributed by atoms with van der Waals surface area (Å²) in [6.45, 7) is 3.34. The molecule has 124 valence electrons. The van der Waals surface area contributed by atoms with Gasteiger partial charge in [-0.05, 0) is 17.7 Å². The number of benzene rings is 2. The van der Waals surface area contributed by atoms with E-state index in [1.165, 1.54) is 0 Å². The topological polar surface area (TPSA) is 83.8 Å². The minimum absolute atomic E-state index is 0.160. The Balaban J connectivity index is 2.06. The number of aliphatic hydroxyl groups excluding tert-OH is 1. The molecule has 3 rings (SSSR count). The van der Waals surface area contributed by atoms with Gasteiger partial charge in [-0.2, -0.15) is 0 Å². The van der Waals surface area contributed by atoms with Gasteiger partial charge in [0.25, 0.3) is 7.37 Å². The van der Waals surface area contributed by atoms with Crippen LogP contribution in [0, 0.1) is 5.92 Å². The molecule has 0 saturated heterocycles. The molecule has 0 aliphatic carbocycles. The summed E-state index contributed by atoms with van der Waals surface area (Å²) in [6, 6.07) is 14.4. The van der Waals surface area contributed by atoms with Crippen molar-refractivity contribution in [3.8, 4) is 16.9 Å². The normalized spacial score (nSPS) is 19.5. The fourth-order valence-electron chi connectivity index (χ4n) is 2.92. The van der Waals surface area contributed by atoms with Crippen molar-refractivity contribution >= 4 is 18.6 Å². The predicted octanol–water partition coefficient (Wildman–Crippen LogP) is 3.81. The van der Waals surface area contributed by atoms with Crippen molar-refractivity contribution in [1.29, 1.82) is 0 Å². The van der Waals surface area contributed by atoms with E-state index in [2.05, 4.69) is 6.58 Å². The van der Waals surface area contributed by atoms with E-state index in [0.717, 1.165) is 11.1 Å². The molecule has 6 heteroatoms. The molecule has 1 aliphatic rings. The van der Waals surface area contributed by atoms with Gasteiger partial charge in [-0.15, -0.1) is 0 Å². The quantitative estimate of drug-likeness (QED) is 0.636. The summed E-state index contributed by atoms with van der Waals surface area (Å²) in [6.07, 6.45) is -0.361. The van der Waals surface area contributed by atoms with E-state index in [-0.39, 0.29) is 18.3 Å². The second-order valence-corrected chi connectivity index (χ2v) is 8.14. The van der Waals surface area contributed by atoms with Gasteiger partial charge in [-0.3, -0.25) is 9.36 Å². The Kier molecular flexibility index (Phi) is 4.20. The summed E-state index contributed by atoms with van der Waals surface area (Å²) in [7, 11) is -3.44. The first-order chi connectivity index (χ1) is 11.4. The largest absolute Gasteiger partial charge is 0.513 e. The lowest BCUT2D eigenvalue weighted by molar-refractivity contribution is -0.141. The lowest BCUT2D eigenvalue weighted by atomic mass is 10.0. The molecular formula is C18H17O5P. The zero-order valence-corrected chi connectivity index (χ0v) is 13.8. The molecule has 0 saturated carbocycles. The number of carbonyl (C=O) groups is 1. The molecular weight excluding hydrogens is 327 g/mol. The van der Waals surface area contributed by atoms with Crippen LogP contribution in [0.4, 0.5) is 0 Å². The van der Waals surface area contributed by atoms with Crippen LogP contribution in [0.2, 0.25) is 0 Å². The highest BCUT2D eigenvalue weighted by Gasteiger charge is 2.39. The maximum atomic E-state index is 13.5. The molecule has 5 nitrogen and oxygen atoms in total. The second-order valence-electron chi connectivity index (χ2n) is 5.77. The number of carboxylic acids is 1. The Morgan fingerprint density at radius 2 is 1.71 bits per heavy atom. The van der Waals surface area contributed by atoms with Crippen molar-refractivity contribution in [2.45, 2.75) is 6.42 Å². The van der Waals surface area contributed by atoms with Crippen LogP contribution < -0.4 is 9.83 Å². The number of aliphatic carboxylic acids is 1. The molecule has 0 radical (unpaired) electrons. The average molecular weight is 344 g/mol. The Labute approximate surface area is 139 Å². The fraction of sp³-hybridized carbons (Fsp3) is 0.167. The number of hydrogen-bond donors (Lipinski definition) is 2. The molecule has 2 atom stereocenters. The van der Waals surface area contributed by atoms with Crippen LogP contribution in [0.1, 0.15) is 6.42 Å². The number of carboxylic acid groups (broad SMARTS) is 1. The van der Waals surface area contributed by atoms with Crippen LogP contribution >= 0.6 is 7.37 Å². The third-order valence-electron chi connectivity index (χ3n) is 3.99. The number of fused-ring (bicyclic) bond motifs is 3. The van der Waals surface area contributed by atoms with Gasteiger partial charge in [0.15, 0.2) is 0 Å². The molecule has 2 aromatic carbocycles. The first kappa shape index (κ1) is 16.3. The number of allylic oxidation sites excluding steroid dienone is 1. The first-order valence-corrected chi connectivity index (χ1v) is 9.29. The fourth-order valence-corrected chi connectivity index (χ4v) is 5.50. The zero-order chi connectivity index (χ0) is 17.3. The monoisotopic (exact) mass is 344 g/mol. The molecule has 0 aromatic heterocycles. The molecule has 0 fully saturated rings. The van der Waals surface area contributed by atoms with E-state index in [4.69, 9.17) is 4.52 Å². The lowest BCUT2D eigenvalue weighted by Gasteiger charge is -2.30. The summed E-state index contributed by atoms with van der Waals surface area (Å²) < 4.78 is 19.3. The van der Waals surface area contributed by atoms with Gasteiger partial charge in [0.2, 0.25) is 0 Å². The standard InChI is InChI=1S/C18H17O5P/c1-12(19)10-13(18(20)21)11-24(22)17-9-5-3-7-15(17)14-6-2-4-8-16(14)23-24/h2-9,13,19H,1,10-11H2,(H,20,21). The third kappa shape index (κ3) is 2.95. The van der Waals surface area contributed by atoms with Crippen molar-refractivity contribution in [2.24, 2.45) is 5.92 Å².